The second-order valence-electron chi connectivity index (χ2n) is 7.77. The highest BCUT2D eigenvalue weighted by Gasteiger charge is 2.55. The molecule has 0 radical (unpaired) electrons. The SMILES string of the molecule is Nc1nc2ncc(CNc3ccc(C(=O)NC(C(=O)O)C(N)(N)C(N)(N)C(=O)O)cc3)nc2c(=O)[nH]1. The van der Waals surface area contributed by atoms with Crippen molar-refractivity contribution in [2.45, 2.75) is 23.9 Å². The Hall–Kier alpha value is -4.71. The standard InChI is InChI=1S/C19H23N11O6/c20-17-29-12-10(14(32)30-17)27-9(6-26-12)5-25-8-3-1-7(2-4-8)13(31)28-11(15(33)34)18(21,22)19(23,24)16(35)36/h1-4,6,11,25H,5,21-24H2,(H,28,31)(H,33,34)(H,35,36)(H3,20,26,29,30,32). The van der Waals surface area contributed by atoms with Crippen LogP contribution in [0, 0.1) is 0 Å². The predicted molar refractivity (Wildman–Crippen MR) is 125 cm³/mol. The molecule has 0 bridgehead atoms. The van der Waals surface area contributed by atoms with Gasteiger partial charge in [-0.05, 0) is 24.3 Å². The molecule has 1 unspecified atom stereocenters. The average Bonchev–Trinajstić information content (AvgIpc) is 2.80. The van der Waals surface area contributed by atoms with Crippen LogP contribution in [0.4, 0.5) is 11.6 Å². The Labute approximate surface area is 201 Å². The Kier molecular flexibility index (Phi) is 6.84. The molecule has 1 aromatic carbocycles. The van der Waals surface area contributed by atoms with E-state index in [1.54, 1.807) is 0 Å². The maximum atomic E-state index is 12.6. The summed E-state index contributed by atoms with van der Waals surface area (Å²) in [4.78, 5) is 61.9. The number of hydrogen-bond donors (Lipinski definition) is 10. The van der Waals surface area contributed by atoms with E-state index in [1.165, 1.54) is 30.5 Å². The lowest BCUT2D eigenvalue weighted by atomic mass is 9.88. The van der Waals surface area contributed by atoms with Crippen LogP contribution < -0.4 is 44.9 Å². The van der Waals surface area contributed by atoms with Crippen LogP contribution in [0.5, 0.6) is 0 Å². The van der Waals surface area contributed by atoms with Gasteiger partial charge in [0.25, 0.3) is 11.5 Å². The molecule has 2 heterocycles. The molecule has 0 aliphatic heterocycles. The van der Waals surface area contributed by atoms with Gasteiger partial charge in [0.1, 0.15) is 5.66 Å². The van der Waals surface area contributed by atoms with Gasteiger partial charge in [-0.15, -0.1) is 0 Å². The number of nitrogens with two attached hydrogens (primary N) is 5. The molecule has 3 rings (SSSR count). The van der Waals surface area contributed by atoms with E-state index in [1.807, 2.05) is 5.32 Å². The molecule has 0 saturated heterocycles. The van der Waals surface area contributed by atoms with E-state index in [0.717, 1.165) is 0 Å². The smallest absolute Gasteiger partial charge is 0.342 e. The number of carboxylic acids is 2. The van der Waals surface area contributed by atoms with Gasteiger partial charge >= 0.3 is 11.9 Å². The van der Waals surface area contributed by atoms with Crippen LogP contribution in [0.2, 0.25) is 0 Å². The van der Waals surface area contributed by atoms with Crippen LogP contribution in [0.25, 0.3) is 11.2 Å². The molecule has 3 aromatic rings. The third-order valence-electron chi connectivity index (χ3n) is 5.18. The van der Waals surface area contributed by atoms with Gasteiger partial charge in [-0.3, -0.25) is 14.6 Å². The summed E-state index contributed by atoms with van der Waals surface area (Å²) in [5.74, 6) is -4.63. The van der Waals surface area contributed by atoms with Crippen LogP contribution in [-0.4, -0.2) is 65.4 Å². The third kappa shape index (κ3) is 5.03. The molecule has 36 heavy (non-hydrogen) atoms. The number of H-pyrrole nitrogens is 1. The Morgan fingerprint density at radius 3 is 2.28 bits per heavy atom. The van der Waals surface area contributed by atoms with E-state index in [-0.39, 0.29) is 29.2 Å². The molecule has 1 amide bonds. The summed E-state index contributed by atoms with van der Waals surface area (Å²) in [6, 6.07) is 3.56. The summed E-state index contributed by atoms with van der Waals surface area (Å²) in [7, 11) is 0. The van der Waals surface area contributed by atoms with Crippen molar-refractivity contribution < 1.29 is 24.6 Å². The number of rotatable bonds is 9. The van der Waals surface area contributed by atoms with Crippen molar-refractivity contribution >= 4 is 40.6 Å². The van der Waals surface area contributed by atoms with Gasteiger partial charge in [0.2, 0.25) is 5.95 Å². The highest BCUT2D eigenvalue weighted by atomic mass is 16.4. The van der Waals surface area contributed by atoms with Crippen LogP contribution in [-0.2, 0) is 16.1 Å². The summed E-state index contributed by atoms with van der Waals surface area (Å²) in [6.45, 7) is 0.159. The lowest BCUT2D eigenvalue weighted by Gasteiger charge is -2.40. The van der Waals surface area contributed by atoms with Crippen molar-refractivity contribution in [3.05, 3.63) is 52.1 Å². The fourth-order valence-electron chi connectivity index (χ4n) is 3.01. The van der Waals surface area contributed by atoms with Crippen molar-refractivity contribution in [2.75, 3.05) is 11.1 Å². The number of hydrogen-bond acceptors (Lipinski definition) is 13. The zero-order valence-corrected chi connectivity index (χ0v) is 18.4. The normalized spacial score (nSPS) is 12.7. The Morgan fingerprint density at radius 2 is 1.69 bits per heavy atom. The van der Waals surface area contributed by atoms with E-state index < -0.39 is 40.8 Å². The van der Waals surface area contributed by atoms with E-state index >= 15 is 0 Å². The molecule has 0 spiro atoms. The molecule has 2 aromatic heterocycles. The van der Waals surface area contributed by atoms with Gasteiger partial charge < -0.3 is 49.5 Å². The number of carboxylic acid groups (broad SMARTS) is 2. The topological polar surface area (TPSA) is 317 Å². The summed E-state index contributed by atoms with van der Waals surface area (Å²) in [5, 5.41) is 23.6. The minimum atomic E-state index is -2.88. The first-order valence-corrected chi connectivity index (χ1v) is 10.0. The van der Waals surface area contributed by atoms with Gasteiger partial charge in [-0.2, -0.15) is 4.98 Å². The number of benzene rings is 1. The van der Waals surface area contributed by atoms with E-state index in [2.05, 4.69) is 25.3 Å². The highest BCUT2D eigenvalue weighted by molar-refractivity contribution is 5.97. The lowest BCUT2D eigenvalue weighted by Crippen LogP contribution is -2.86. The summed E-state index contributed by atoms with van der Waals surface area (Å²) >= 11 is 0. The number of carbonyl (C=O) groups excluding carboxylic acids is 1. The first-order valence-electron chi connectivity index (χ1n) is 10.0. The number of aromatic nitrogens is 4. The number of carbonyl (C=O) groups is 3. The first-order chi connectivity index (χ1) is 16.7. The Balaban J connectivity index is 1.71. The summed E-state index contributed by atoms with van der Waals surface area (Å²) in [5.41, 5.74) is 22.4. The van der Waals surface area contributed by atoms with Crippen molar-refractivity contribution in [3.8, 4) is 0 Å². The molecule has 0 aliphatic rings. The number of amides is 1. The zero-order chi connectivity index (χ0) is 26.8. The number of nitrogens with zero attached hydrogens (tertiary/aromatic N) is 3. The van der Waals surface area contributed by atoms with E-state index in [4.69, 9.17) is 33.8 Å². The lowest BCUT2D eigenvalue weighted by molar-refractivity contribution is -0.150. The second-order valence-corrected chi connectivity index (χ2v) is 7.77. The molecule has 190 valence electrons. The van der Waals surface area contributed by atoms with Crippen molar-refractivity contribution in [1.82, 2.24) is 25.3 Å². The van der Waals surface area contributed by atoms with Gasteiger partial charge in [0.05, 0.1) is 18.4 Å². The minimum Gasteiger partial charge on any atom is -0.480 e. The average molecular weight is 501 g/mol. The third-order valence-corrected chi connectivity index (χ3v) is 5.18. The quantitative estimate of drug-likeness (QED) is 0.127. The number of fused-ring (bicyclic) bond motifs is 1. The number of aliphatic carboxylic acids is 2. The fourth-order valence-corrected chi connectivity index (χ4v) is 3.01. The number of nitrogens with one attached hydrogen (secondary N) is 3. The molecule has 15 N–H and O–H groups in total. The summed E-state index contributed by atoms with van der Waals surface area (Å²) in [6.07, 6.45) is 1.41. The number of nitrogen functional groups attached to an aromatic ring is 1. The van der Waals surface area contributed by atoms with Crippen molar-refractivity contribution in [1.29, 1.82) is 0 Å². The Bertz CT molecular complexity index is 1390. The van der Waals surface area contributed by atoms with Gasteiger partial charge in [-0.25, -0.2) is 19.6 Å². The van der Waals surface area contributed by atoms with Gasteiger partial charge in [0, 0.05) is 11.3 Å². The molecule has 1 atom stereocenters. The number of aromatic amines is 1. The molecule has 0 saturated carbocycles. The zero-order valence-electron chi connectivity index (χ0n) is 18.4. The van der Waals surface area contributed by atoms with Gasteiger partial charge in [0.15, 0.2) is 22.9 Å². The van der Waals surface area contributed by atoms with Gasteiger partial charge in [-0.1, -0.05) is 0 Å². The summed E-state index contributed by atoms with van der Waals surface area (Å²) < 4.78 is 0. The number of anilines is 2. The Morgan fingerprint density at radius 1 is 1.06 bits per heavy atom. The van der Waals surface area contributed by atoms with E-state index in [9.17, 15) is 24.3 Å². The first kappa shape index (κ1) is 25.9. The monoisotopic (exact) mass is 501 g/mol. The molecule has 0 fully saturated rings. The van der Waals surface area contributed by atoms with Crippen molar-refractivity contribution in [2.24, 2.45) is 22.9 Å². The molecule has 17 nitrogen and oxygen atoms in total. The highest BCUT2D eigenvalue weighted by Crippen LogP contribution is 2.15. The molecule has 17 heteroatoms. The molecular formula is C19H23N11O6. The van der Waals surface area contributed by atoms with Crippen molar-refractivity contribution in [3.63, 3.8) is 0 Å². The predicted octanol–water partition coefficient (Wildman–Crippen LogP) is -3.60. The fraction of sp³-hybridized carbons (Fsp3) is 0.211. The second kappa shape index (κ2) is 9.50. The van der Waals surface area contributed by atoms with E-state index in [0.29, 0.717) is 11.4 Å². The largest absolute Gasteiger partial charge is 0.480 e. The van der Waals surface area contributed by atoms with Crippen LogP contribution >= 0.6 is 0 Å². The molecule has 0 aliphatic carbocycles. The maximum absolute atomic E-state index is 12.6. The minimum absolute atomic E-state index is 0.00161. The van der Waals surface area contributed by atoms with Crippen LogP contribution in [0.1, 0.15) is 16.1 Å². The molecular weight excluding hydrogens is 478 g/mol. The van der Waals surface area contributed by atoms with Crippen LogP contribution in [0.3, 0.4) is 0 Å². The van der Waals surface area contributed by atoms with Crippen LogP contribution in [0.15, 0.2) is 35.3 Å². The maximum Gasteiger partial charge on any atom is 0.342 e.